The summed E-state index contributed by atoms with van der Waals surface area (Å²) in [5, 5.41) is 6.28. The van der Waals surface area contributed by atoms with Gasteiger partial charge >= 0.3 is 0 Å². The summed E-state index contributed by atoms with van der Waals surface area (Å²) >= 11 is 0. The number of aliphatic imine (C=N–C) groups is 1. The number of hydrogen-bond donors (Lipinski definition) is 1. The molecule has 1 saturated heterocycles. The predicted molar refractivity (Wildman–Crippen MR) is 142 cm³/mol. The maximum absolute atomic E-state index is 5.05. The molecule has 1 fully saturated rings. The molecule has 32 heavy (non-hydrogen) atoms. The Balaban J connectivity index is 1.47. The molecular formula is C30H46N2. The number of nitrogens with zero attached hydrogens (tertiary/aromatic N) is 1. The van der Waals surface area contributed by atoms with Crippen molar-refractivity contribution in [2.24, 2.45) is 4.99 Å². The van der Waals surface area contributed by atoms with Crippen LogP contribution in [0.4, 0.5) is 0 Å². The van der Waals surface area contributed by atoms with Gasteiger partial charge in [-0.25, -0.2) is 0 Å². The molecule has 1 unspecified atom stereocenters. The van der Waals surface area contributed by atoms with Gasteiger partial charge in [-0.15, -0.1) is 0 Å². The second-order valence-corrected chi connectivity index (χ2v) is 9.82. The van der Waals surface area contributed by atoms with Crippen LogP contribution in [0.15, 0.2) is 41.4 Å². The number of unbranched alkanes of at least 4 members (excludes halogenated alkanes) is 9. The van der Waals surface area contributed by atoms with Crippen LogP contribution in [-0.2, 0) is 6.42 Å². The Labute approximate surface area is 197 Å². The molecule has 176 valence electrons. The van der Waals surface area contributed by atoms with Crippen LogP contribution in [0.2, 0.25) is 0 Å². The maximum atomic E-state index is 5.05. The molecular weight excluding hydrogens is 388 g/mol. The third kappa shape index (κ3) is 8.26. The Morgan fingerprint density at radius 1 is 0.844 bits per heavy atom. The van der Waals surface area contributed by atoms with E-state index in [1.807, 2.05) is 0 Å². The van der Waals surface area contributed by atoms with Crippen molar-refractivity contribution in [2.75, 3.05) is 6.54 Å². The summed E-state index contributed by atoms with van der Waals surface area (Å²) in [6, 6.07) is 14.0. The van der Waals surface area contributed by atoms with Crippen LogP contribution in [0, 0.1) is 0 Å². The van der Waals surface area contributed by atoms with Gasteiger partial charge in [0.25, 0.3) is 0 Å². The minimum absolute atomic E-state index is 0.201. The van der Waals surface area contributed by atoms with Crippen molar-refractivity contribution in [3.05, 3.63) is 47.5 Å². The summed E-state index contributed by atoms with van der Waals surface area (Å²) in [6.07, 6.45) is 20.2. The highest BCUT2D eigenvalue weighted by atomic mass is 15.0. The first kappa shape index (κ1) is 24.8. The third-order valence-electron chi connectivity index (χ3n) is 7.02. The Morgan fingerprint density at radius 3 is 2.38 bits per heavy atom. The summed E-state index contributed by atoms with van der Waals surface area (Å²) in [5.74, 6) is 1.20. The van der Waals surface area contributed by atoms with Crippen LogP contribution in [0.25, 0.3) is 10.8 Å². The summed E-state index contributed by atoms with van der Waals surface area (Å²) < 4.78 is 0. The normalized spacial score (nSPS) is 16.8. The lowest BCUT2D eigenvalue weighted by atomic mass is 9.96. The smallest absolute Gasteiger partial charge is 0.0970 e. The number of hydrogen-bond acceptors (Lipinski definition) is 1. The summed E-state index contributed by atoms with van der Waals surface area (Å²) in [7, 11) is 0. The zero-order valence-electron chi connectivity index (χ0n) is 20.8. The van der Waals surface area contributed by atoms with Crippen molar-refractivity contribution in [3.63, 3.8) is 0 Å². The van der Waals surface area contributed by atoms with E-state index in [9.17, 15) is 0 Å². The molecule has 0 saturated carbocycles. The van der Waals surface area contributed by atoms with Gasteiger partial charge in [0.05, 0.1) is 11.9 Å². The van der Waals surface area contributed by atoms with Crippen molar-refractivity contribution in [2.45, 2.75) is 116 Å². The maximum Gasteiger partial charge on any atom is 0.0970 e. The Hall–Kier alpha value is -1.83. The lowest BCUT2D eigenvalue weighted by Crippen LogP contribution is -2.22. The number of aryl methyl sites for hydroxylation is 1. The molecule has 2 aromatic carbocycles. The van der Waals surface area contributed by atoms with Crippen molar-refractivity contribution in [1.82, 2.24) is 5.32 Å². The molecule has 3 rings (SSSR count). The largest absolute Gasteiger partial charge is 0.374 e. The van der Waals surface area contributed by atoms with E-state index in [1.54, 1.807) is 0 Å². The minimum Gasteiger partial charge on any atom is -0.374 e. The van der Waals surface area contributed by atoms with E-state index in [0.29, 0.717) is 0 Å². The summed E-state index contributed by atoms with van der Waals surface area (Å²) in [6.45, 7) is 5.61. The molecule has 1 N–H and O–H groups in total. The van der Waals surface area contributed by atoms with Crippen LogP contribution in [0.1, 0.15) is 121 Å². The fourth-order valence-corrected chi connectivity index (χ4v) is 5.02. The molecule has 2 aromatic rings. The topological polar surface area (TPSA) is 24.4 Å². The van der Waals surface area contributed by atoms with Crippen LogP contribution >= 0.6 is 0 Å². The second-order valence-electron chi connectivity index (χ2n) is 9.82. The average molecular weight is 435 g/mol. The number of nitrogens with one attached hydrogen (secondary N) is 1. The molecule has 1 atom stereocenters. The fraction of sp³-hybridized carbons (Fsp3) is 0.633. The Morgan fingerprint density at radius 2 is 1.59 bits per heavy atom. The quantitative estimate of drug-likeness (QED) is 0.313. The molecule has 0 bridgehead atoms. The Kier molecular flexibility index (Phi) is 11.1. The second kappa shape index (κ2) is 14.3. The first-order chi connectivity index (χ1) is 15.8. The zero-order valence-corrected chi connectivity index (χ0v) is 20.8. The van der Waals surface area contributed by atoms with E-state index < -0.39 is 0 Å². The van der Waals surface area contributed by atoms with Gasteiger partial charge in [-0.05, 0) is 54.5 Å². The van der Waals surface area contributed by atoms with E-state index in [1.165, 1.54) is 118 Å². The van der Waals surface area contributed by atoms with Crippen molar-refractivity contribution in [3.8, 4) is 0 Å². The lowest BCUT2D eigenvalue weighted by molar-refractivity contribution is 0.556. The van der Waals surface area contributed by atoms with Gasteiger partial charge in [0, 0.05) is 13.0 Å². The third-order valence-corrected chi connectivity index (χ3v) is 7.02. The van der Waals surface area contributed by atoms with E-state index in [4.69, 9.17) is 4.99 Å². The number of amidine groups is 1. The van der Waals surface area contributed by atoms with Gasteiger partial charge in [0.2, 0.25) is 0 Å². The van der Waals surface area contributed by atoms with Crippen LogP contribution < -0.4 is 5.32 Å². The number of rotatable bonds is 13. The van der Waals surface area contributed by atoms with Gasteiger partial charge in [0.15, 0.2) is 0 Å². The summed E-state index contributed by atoms with van der Waals surface area (Å²) in [5.41, 5.74) is 2.84. The minimum atomic E-state index is 0.201. The molecule has 0 amide bonds. The fourth-order valence-electron chi connectivity index (χ4n) is 5.02. The van der Waals surface area contributed by atoms with E-state index in [-0.39, 0.29) is 6.04 Å². The highest BCUT2D eigenvalue weighted by molar-refractivity contribution is 5.88. The van der Waals surface area contributed by atoms with Gasteiger partial charge < -0.3 is 5.32 Å². The molecule has 0 aliphatic carbocycles. The van der Waals surface area contributed by atoms with Crippen LogP contribution in [-0.4, -0.2) is 12.4 Å². The zero-order chi connectivity index (χ0) is 22.4. The monoisotopic (exact) mass is 434 g/mol. The van der Waals surface area contributed by atoms with Crippen LogP contribution in [0.5, 0.6) is 0 Å². The molecule has 1 aliphatic heterocycles. The standard InChI is InChI=1S/C30H46N2/c1-3-4-5-6-7-8-9-10-11-13-17-26-21-22-29-27(24-26)18-16-19-28(29)25(2)32-30-20-14-12-15-23-31-30/h16,18-19,21-22,24-25H,3-15,17,20,23H2,1-2H3,(H,31,32). The first-order valence-corrected chi connectivity index (χ1v) is 13.6. The number of fused-ring (bicyclic) bond motifs is 1. The Bertz CT molecular complexity index is 813. The molecule has 2 heteroatoms. The molecule has 1 aliphatic rings. The molecule has 1 heterocycles. The highest BCUT2D eigenvalue weighted by Crippen LogP contribution is 2.28. The SMILES string of the molecule is CCCCCCCCCCCCc1ccc2c(C(C)N=C3CCCCCN3)cccc2c1. The first-order valence-electron chi connectivity index (χ1n) is 13.6. The lowest BCUT2D eigenvalue weighted by Gasteiger charge is -2.14. The molecule has 0 radical (unpaired) electrons. The molecule has 0 aromatic heterocycles. The van der Waals surface area contributed by atoms with Crippen molar-refractivity contribution >= 4 is 16.6 Å². The number of benzene rings is 2. The molecule has 0 spiro atoms. The average Bonchev–Trinajstić information content (AvgIpc) is 3.08. The van der Waals surface area contributed by atoms with Gasteiger partial charge in [-0.3, -0.25) is 4.99 Å². The highest BCUT2D eigenvalue weighted by Gasteiger charge is 2.11. The van der Waals surface area contributed by atoms with E-state index in [0.717, 1.165) is 13.0 Å². The molecule has 2 nitrogen and oxygen atoms in total. The van der Waals surface area contributed by atoms with Gasteiger partial charge in [0.1, 0.15) is 0 Å². The van der Waals surface area contributed by atoms with Crippen molar-refractivity contribution in [1.29, 1.82) is 0 Å². The van der Waals surface area contributed by atoms with Gasteiger partial charge in [-0.2, -0.15) is 0 Å². The predicted octanol–water partition coefficient (Wildman–Crippen LogP) is 8.93. The van der Waals surface area contributed by atoms with E-state index >= 15 is 0 Å². The van der Waals surface area contributed by atoms with E-state index in [2.05, 4.69) is 55.6 Å². The van der Waals surface area contributed by atoms with Crippen LogP contribution in [0.3, 0.4) is 0 Å². The van der Waals surface area contributed by atoms with Gasteiger partial charge in [-0.1, -0.05) is 108 Å². The summed E-state index contributed by atoms with van der Waals surface area (Å²) in [4.78, 5) is 5.05. The van der Waals surface area contributed by atoms with Crippen molar-refractivity contribution < 1.29 is 0 Å².